The molecule has 1 saturated heterocycles. The van der Waals surface area contributed by atoms with Crippen molar-refractivity contribution >= 4 is 16.7 Å². The summed E-state index contributed by atoms with van der Waals surface area (Å²) >= 11 is 0. The molecule has 4 nitrogen and oxygen atoms in total. The van der Waals surface area contributed by atoms with Crippen LogP contribution in [0.2, 0.25) is 0 Å². The Labute approximate surface area is 124 Å². The molecule has 0 aromatic carbocycles. The molecule has 20 heavy (non-hydrogen) atoms. The summed E-state index contributed by atoms with van der Waals surface area (Å²) < 4.78 is 28.5. The van der Waals surface area contributed by atoms with Gasteiger partial charge < -0.3 is 9.47 Å². The Morgan fingerprint density at radius 1 is 1.15 bits per heavy atom. The second-order valence-corrected chi connectivity index (χ2v) is 9.51. The van der Waals surface area contributed by atoms with E-state index in [0.717, 1.165) is 31.4 Å². The van der Waals surface area contributed by atoms with Gasteiger partial charge in [-0.1, -0.05) is 13.8 Å². The lowest BCUT2D eigenvalue weighted by Gasteiger charge is -2.45. The minimum atomic E-state index is -1.25. The van der Waals surface area contributed by atoms with Gasteiger partial charge in [0.2, 0.25) is 5.79 Å². The molecule has 0 radical (unpaired) electrons. The van der Waals surface area contributed by atoms with Crippen LogP contribution in [0.5, 0.6) is 0 Å². The third-order valence-electron chi connectivity index (χ3n) is 3.72. The fourth-order valence-electron chi connectivity index (χ4n) is 2.36. The first-order chi connectivity index (χ1) is 9.15. The second-order valence-electron chi connectivity index (χ2n) is 7.60. The Kier molecular flexibility index (Phi) is 4.43. The van der Waals surface area contributed by atoms with Crippen LogP contribution in [0.1, 0.15) is 60.3 Å². The first kappa shape index (κ1) is 16.1. The molecule has 1 spiro atoms. The fourth-order valence-corrected chi connectivity index (χ4v) is 3.06. The van der Waals surface area contributed by atoms with Gasteiger partial charge in [-0.25, -0.2) is 4.21 Å². The van der Waals surface area contributed by atoms with Gasteiger partial charge in [0.15, 0.2) is 0 Å². The van der Waals surface area contributed by atoms with Crippen molar-refractivity contribution in [1.29, 1.82) is 0 Å². The van der Waals surface area contributed by atoms with Gasteiger partial charge in [-0.2, -0.15) is 4.40 Å². The average molecular weight is 301 g/mol. The molecule has 0 aromatic rings. The maximum Gasteiger partial charge on any atom is 0.209 e. The summed E-state index contributed by atoms with van der Waals surface area (Å²) in [5.41, 5.74) is 0.879. The third-order valence-corrected chi connectivity index (χ3v) is 5.15. The largest absolute Gasteiger partial charge is 0.344 e. The van der Waals surface area contributed by atoms with Crippen LogP contribution in [0, 0.1) is 5.41 Å². The van der Waals surface area contributed by atoms with E-state index in [9.17, 15) is 4.21 Å². The molecule has 1 aliphatic carbocycles. The summed E-state index contributed by atoms with van der Waals surface area (Å²) in [6, 6.07) is 0. The van der Waals surface area contributed by atoms with Gasteiger partial charge in [-0.3, -0.25) is 0 Å². The topological polar surface area (TPSA) is 47.9 Å². The molecule has 2 fully saturated rings. The van der Waals surface area contributed by atoms with Gasteiger partial charge >= 0.3 is 0 Å². The quantitative estimate of drug-likeness (QED) is 0.747. The molecule has 5 heteroatoms. The first-order valence-corrected chi connectivity index (χ1v) is 8.53. The SMILES string of the molecule is CC1(C)COC2(CCCCC2=NS(=O)C(C)(C)C)OC1. The van der Waals surface area contributed by atoms with Crippen LogP contribution in [0.4, 0.5) is 0 Å². The first-order valence-electron chi connectivity index (χ1n) is 7.43. The van der Waals surface area contributed by atoms with E-state index in [1.54, 1.807) is 0 Å². The van der Waals surface area contributed by atoms with Gasteiger partial charge in [0.1, 0.15) is 11.0 Å². The van der Waals surface area contributed by atoms with Crippen molar-refractivity contribution in [2.45, 2.75) is 70.8 Å². The number of rotatable bonds is 1. The molecule has 1 unspecified atom stereocenters. The summed E-state index contributed by atoms with van der Waals surface area (Å²) in [5, 5.41) is 0. The molecular weight excluding hydrogens is 274 g/mol. The van der Waals surface area contributed by atoms with Crippen LogP contribution >= 0.6 is 0 Å². The van der Waals surface area contributed by atoms with E-state index in [1.807, 2.05) is 20.8 Å². The summed E-state index contributed by atoms with van der Waals surface area (Å²) in [6.07, 6.45) is 3.78. The van der Waals surface area contributed by atoms with E-state index >= 15 is 0 Å². The number of nitrogens with zero attached hydrogens (tertiary/aromatic N) is 1. The highest BCUT2D eigenvalue weighted by molar-refractivity contribution is 7.85. The number of ether oxygens (including phenoxy) is 2. The molecule has 1 saturated carbocycles. The van der Waals surface area contributed by atoms with E-state index in [1.165, 1.54) is 0 Å². The van der Waals surface area contributed by atoms with Crippen LogP contribution in [-0.4, -0.2) is 33.7 Å². The van der Waals surface area contributed by atoms with Gasteiger partial charge in [0.25, 0.3) is 0 Å². The molecule has 0 N–H and O–H groups in total. The molecule has 0 bridgehead atoms. The Bertz CT molecular complexity index is 413. The van der Waals surface area contributed by atoms with Crippen molar-refractivity contribution in [3.8, 4) is 0 Å². The summed E-state index contributed by atoms with van der Waals surface area (Å²) in [4.78, 5) is 0. The van der Waals surface area contributed by atoms with Crippen molar-refractivity contribution in [3.05, 3.63) is 0 Å². The van der Waals surface area contributed by atoms with Gasteiger partial charge in [0, 0.05) is 11.8 Å². The zero-order chi connectivity index (χ0) is 15.0. The van der Waals surface area contributed by atoms with E-state index in [4.69, 9.17) is 9.47 Å². The van der Waals surface area contributed by atoms with Crippen LogP contribution in [0.15, 0.2) is 4.40 Å². The van der Waals surface area contributed by atoms with E-state index in [-0.39, 0.29) is 10.2 Å². The van der Waals surface area contributed by atoms with E-state index < -0.39 is 16.8 Å². The summed E-state index contributed by atoms with van der Waals surface area (Å²) in [5.74, 6) is -0.714. The van der Waals surface area contributed by atoms with Crippen molar-refractivity contribution < 1.29 is 13.7 Å². The minimum absolute atomic E-state index is 0.0387. The molecule has 1 atom stereocenters. The normalized spacial score (nSPS) is 29.6. The second kappa shape index (κ2) is 5.50. The molecule has 1 aliphatic heterocycles. The van der Waals surface area contributed by atoms with Gasteiger partial charge in [-0.05, 0) is 40.0 Å². The monoisotopic (exact) mass is 301 g/mol. The number of hydrogen-bond acceptors (Lipinski definition) is 3. The zero-order valence-electron chi connectivity index (χ0n) is 13.3. The zero-order valence-corrected chi connectivity index (χ0v) is 14.1. The summed E-state index contributed by atoms with van der Waals surface area (Å²) in [6.45, 7) is 11.4. The predicted octanol–water partition coefficient (Wildman–Crippen LogP) is 3.23. The molecule has 0 aromatic heterocycles. The molecule has 2 aliphatic rings. The fraction of sp³-hybridized carbons (Fsp3) is 0.933. The Morgan fingerprint density at radius 3 is 2.30 bits per heavy atom. The lowest BCUT2D eigenvalue weighted by molar-refractivity contribution is -0.265. The van der Waals surface area contributed by atoms with Gasteiger partial charge in [0.05, 0.1) is 23.7 Å². The van der Waals surface area contributed by atoms with Crippen LogP contribution in [-0.2, 0) is 20.5 Å². The Morgan fingerprint density at radius 2 is 1.75 bits per heavy atom. The van der Waals surface area contributed by atoms with Crippen molar-refractivity contribution in [2.75, 3.05) is 13.2 Å². The highest BCUT2D eigenvalue weighted by Gasteiger charge is 2.46. The molecule has 2 rings (SSSR count). The molecule has 0 amide bonds. The van der Waals surface area contributed by atoms with Crippen LogP contribution < -0.4 is 0 Å². The smallest absolute Gasteiger partial charge is 0.209 e. The third kappa shape index (κ3) is 3.49. The van der Waals surface area contributed by atoms with Gasteiger partial charge in [-0.15, -0.1) is 0 Å². The minimum Gasteiger partial charge on any atom is -0.344 e. The standard InChI is InChI=1S/C15H27NO3S/c1-13(2,3)20(17)16-12-8-6-7-9-15(12)18-10-14(4,5)11-19-15/h6-11H2,1-5H3. The molecular formula is C15H27NO3S. The molecule has 116 valence electrons. The lowest BCUT2D eigenvalue weighted by Crippen LogP contribution is -2.54. The highest BCUT2D eigenvalue weighted by atomic mass is 32.2. The Hall–Kier alpha value is -0.260. The van der Waals surface area contributed by atoms with Crippen molar-refractivity contribution in [1.82, 2.24) is 0 Å². The summed E-state index contributed by atoms with van der Waals surface area (Å²) in [7, 11) is -1.25. The van der Waals surface area contributed by atoms with E-state index in [2.05, 4.69) is 18.2 Å². The highest BCUT2D eigenvalue weighted by Crippen LogP contribution is 2.38. The predicted molar refractivity (Wildman–Crippen MR) is 82.2 cm³/mol. The van der Waals surface area contributed by atoms with Crippen molar-refractivity contribution in [2.24, 2.45) is 9.81 Å². The average Bonchev–Trinajstić information content (AvgIpc) is 2.35. The van der Waals surface area contributed by atoms with E-state index in [0.29, 0.717) is 13.2 Å². The Balaban J connectivity index is 2.22. The number of hydrogen-bond donors (Lipinski definition) is 0. The lowest BCUT2D eigenvalue weighted by atomic mass is 9.88. The van der Waals surface area contributed by atoms with Crippen LogP contribution in [0.25, 0.3) is 0 Å². The molecule has 1 heterocycles. The van der Waals surface area contributed by atoms with Crippen LogP contribution in [0.3, 0.4) is 0 Å². The maximum absolute atomic E-state index is 12.3. The van der Waals surface area contributed by atoms with Crippen molar-refractivity contribution in [3.63, 3.8) is 0 Å². The maximum atomic E-state index is 12.3.